The number of unbranched alkanes of at least 4 members (excludes halogenated alkanes) is 1. The van der Waals surface area contributed by atoms with E-state index in [9.17, 15) is 18.0 Å². The summed E-state index contributed by atoms with van der Waals surface area (Å²) in [5, 5.41) is 8.96. The minimum absolute atomic E-state index is 0.0401. The first-order chi connectivity index (χ1) is 15.7. The standard InChI is InChI=1S/C21H25ClFN3O6S/c22-5-1-2-10-33(30,31)25-8-6-24(7-9-25)18-12-17-15(11-16(18)23)20(27)19(32-21(28)29)13-26(17)14-3-4-14/h11-14H,1-10H2,(H,28,29). The van der Waals surface area contributed by atoms with Gasteiger partial charge in [-0.3, -0.25) is 4.79 Å². The molecule has 0 bridgehead atoms. The highest BCUT2D eigenvalue weighted by molar-refractivity contribution is 7.89. The number of alkyl halides is 1. The molecule has 1 saturated carbocycles. The smallest absolute Gasteiger partial charge is 0.449 e. The first-order valence-electron chi connectivity index (χ1n) is 10.8. The summed E-state index contributed by atoms with van der Waals surface area (Å²) in [4.78, 5) is 25.4. The van der Waals surface area contributed by atoms with Crippen LogP contribution < -0.4 is 15.1 Å². The average Bonchev–Trinajstić information content (AvgIpc) is 3.61. The fraction of sp³-hybridized carbons (Fsp3) is 0.524. The molecule has 2 fully saturated rings. The quantitative estimate of drug-likeness (QED) is 0.336. The average molecular weight is 502 g/mol. The van der Waals surface area contributed by atoms with Crippen molar-refractivity contribution in [1.82, 2.24) is 8.87 Å². The van der Waals surface area contributed by atoms with Crippen LogP contribution >= 0.6 is 11.6 Å². The number of pyridine rings is 1. The SMILES string of the molecule is O=C(O)Oc1cn(C2CC2)c2cc(N3CCN(S(=O)(=O)CCCCCl)CC3)c(F)cc2c1=O. The molecular formula is C21H25ClFN3O6S. The number of carboxylic acid groups (broad SMARTS) is 1. The Labute approximate surface area is 195 Å². The summed E-state index contributed by atoms with van der Waals surface area (Å²) in [5.41, 5.74) is 0.0813. The maximum atomic E-state index is 15.1. The molecule has 0 spiro atoms. The van der Waals surface area contributed by atoms with Gasteiger partial charge in [-0.15, -0.1) is 11.6 Å². The van der Waals surface area contributed by atoms with Crippen LogP contribution in [0.2, 0.25) is 0 Å². The third-order valence-corrected chi connectivity index (χ3v) is 8.19. The van der Waals surface area contributed by atoms with Crippen LogP contribution in [0.3, 0.4) is 0 Å². The number of nitrogens with zero attached hydrogens (tertiary/aromatic N) is 3. The Hall–Kier alpha value is -2.37. The van der Waals surface area contributed by atoms with Crippen LogP contribution in [0.5, 0.6) is 5.75 Å². The van der Waals surface area contributed by atoms with Gasteiger partial charge >= 0.3 is 6.16 Å². The van der Waals surface area contributed by atoms with E-state index in [1.807, 2.05) is 0 Å². The van der Waals surface area contributed by atoms with Crippen molar-refractivity contribution in [3.05, 3.63) is 34.4 Å². The second-order valence-corrected chi connectivity index (χ2v) is 10.7. The van der Waals surface area contributed by atoms with Gasteiger partial charge in [-0.05, 0) is 37.8 Å². The van der Waals surface area contributed by atoms with Gasteiger partial charge in [0.1, 0.15) is 5.82 Å². The summed E-state index contributed by atoms with van der Waals surface area (Å²) in [5.74, 6) is -0.534. The summed E-state index contributed by atoms with van der Waals surface area (Å²) in [6.45, 7) is 1.10. The fourth-order valence-corrected chi connectivity index (χ4v) is 5.85. The van der Waals surface area contributed by atoms with Gasteiger partial charge in [0.2, 0.25) is 15.5 Å². The van der Waals surface area contributed by atoms with Crippen molar-refractivity contribution in [3.8, 4) is 5.75 Å². The molecule has 0 unspecified atom stereocenters. The number of carbonyl (C=O) groups is 1. The second-order valence-electron chi connectivity index (χ2n) is 8.25. The van der Waals surface area contributed by atoms with Gasteiger partial charge in [0.25, 0.3) is 0 Å². The minimum Gasteiger partial charge on any atom is -0.449 e. The van der Waals surface area contributed by atoms with E-state index in [0.717, 1.165) is 18.9 Å². The van der Waals surface area contributed by atoms with E-state index >= 15 is 4.39 Å². The number of aromatic nitrogens is 1. The summed E-state index contributed by atoms with van der Waals surface area (Å²) in [7, 11) is -3.39. The summed E-state index contributed by atoms with van der Waals surface area (Å²) < 4.78 is 47.9. The van der Waals surface area contributed by atoms with Crippen molar-refractivity contribution in [3.63, 3.8) is 0 Å². The monoisotopic (exact) mass is 501 g/mol. The van der Waals surface area contributed by atoms with Crippen LogP contribution in [0.25, 0.3) is 10.9 Å². The number of ether oxygens (including phenoxy) is 1. The number of piperazine rings is 1. The topological polar surface area (TPSA) is 109 Å². The van der Waals surface area contributed by atoms with Gasteiger partial charge in [0.15, 0.2) is 5.75 Å². The minimum atomic E-state index is -3.39. The van der Waals surface area contributed by atoms with Gasteiger partial charge in [-0.25, -0.2) is 17.6 Å². The van der Waals surface area contributed by atoms with Crippen molar-refractivity contribution in [2.45, 2.75) is 31.7 Å². The molecule has 1 aliphatic carbocycles. The lowest BCUT2D eigenvalue weighted by Gasteiger charge is -2.35. The maximum absolute atomic E-state index is 15.1. The largest absolute Gasteiger partial charge is 0.511 e. The highest BCUT2D eigenvalue weighted by Gasteiger charge is 2.30. The Balaban J connectivity index is 1.61. The van der Waals surface area contributed by atoms with E-state index in [1.54, 1.807) is 15.5 Å². The lowest BCUT2D eigenvalue weighted by atomic mass is 10.1. The molecule has 0 radical (unpaired) electrons. The van der Waals surface area contributed by atoms with Gasteiger partial charge in [0.05, 0.1) is 28.5 Å². The lowest BCUT2D eigenvalue weighted by molar-refractivity contribution is 0.143. The zero-order valence-corrected chi connectivity index (χ0v) is 19.4. The van der Waals surface area contributed by atoms with Gasteiger partial charge < -0.3 is 19.3 Å². The van der Waals surface area contributed by atoms with Crippen LogP contribution in [0.1, 0.15) is 31.7 Å². The number of hydrogen-bond donors (Lipinski definition) is 1. The Morgan fingerprint density at radius 3 is 2.48 bits per heavy atom. The molecule has 9 nitrogen and oxygen atoms in total. The Kier molecular flexibility index (Phi) is 6.83. The second kappa shape index (κ2) is 9.47. The number of halogens is 2. The zero-order valence-electron chi connectivity index (χ0n) is 17.9. The van der Waals surface area contributed by atoms with E-state index < -0.39 is 27.4 Å². The molecule has 0 atom stereocenters. The number of rotatable bonds is 8. The summed E-state index contributed by atoms with van der Waals surface area (Å²) in [6, 6.07) is 2.77. The molecule has 2 aliphatic rings. The maximum Gasteiger partial charge on any atom is 0.511 e. The molecule has 1 aromatic heterocycles. The Bertz CT molecular complexity index is 1220. The number of benzene rings is 1. The molecule has 0 amide bonds. The van der Waals surface area contributed by atoms with E-state index in [-0.39, 0.29) is 41.7 Å². The Morgan fingerprint density at radius 2 is 1.88 bits per heavy atom. The highest BCUT2D eigenvalue weighted by Crippen LogP contribution is 2.39. The number of anilines is 1. The highest BCUT2D eigenvalue weighted by atomic mass is 35.5. The molecule has 4 rings (SSSR count). The third-order valence-electron chi connectivity index (χ3n) is 5.96. The van der Waals surface area contributed by atoms with Crippen molar-refractivity contribution < 1.29 is 27.4 Å². The molecule has 180 valence electrons. The first kappa shape index (κ1) is 23.8. The van der Waals surface area contributed by atoms with E-state index in [4.69, 9.17) is 16.7 Å². The van der Waals surface area contributed by atoms with Crippen molar-refractivity contribution in [1.29, 1.82) is 0 Å². The molecule has 1 aliphatic heterocycles. The molecule has 1 aromatic carbocycles. The normalized spacial score (nSPS) is 17.5. The fourth-order valence-electron chi connectivity index (χ4n) is 4.11. The molecule has 1 N–H and O–H groups in total. The zero-order chi connectivity index (χ0) is 23.8. The molecule has 12 heteroatoms. The molecule has 1 saturated heterocycles. The predicted molar refractivity (Wildman–Crippen MR) is 123 cm³/mol. The summed E-state index contributed by atoms with van der Waals surface area (Å²) in [6.07, 6.45) is 2.60. The number of fused-ring (bicyclic) bond motifs is 1. The van der Waals surface area contributed by atoms with Crippen LogP contribution in [-0.4, -0.2) is 66.4 Å². The van der Waals surface area contributed by atoms with Crippen LogP contribution in [0.4, 0.5) is 14.9 Å². The van der Waals surface area contributed by atoms with E-state index in [1.165, 1.54) is 10.5 Å². The van der Waals surface area contributed by atoms with Crippen molar-refractivity contribution >= 4 is 44.4 Å². The molecule has 2 aromatic rings. The number of hydrogen-bond acceptors (Lipinski definition) is 6. The Morgan fingerprint density at radius 1 is 1.18 bits per heavy atom. The van der Waals surface area contributed by atoms with Crippen LogP contribution in [-0.2, 0) is 10.0 Å². The van der Waals surface area contributed by atoms with Crippen molar-refractivity contribution in [2.24, 2.45) is 0 Å². The predicted octanol–water partition coefficient (Wildman–Crippen LogP) is 3.00. The molecular weight excluding hydrogens is 477 g/mol. The van der Waals surface area contributed by atoms with Gasteiger partial charge in [0, 0.05) is 38.1 Å². The lowest BCUT2D eigenvalue weighted by Crippen LogP contribution is -2.49. The van der Waals surface area contributed by atoms with Crippen LogP contribution in [0.15, 0.2) is 23.1 Å². The summed E-state index contributed by atoms with van der Waals surface area (Å²) >= 11 is 5.63. The van der Waals surface area contributed by atoms with Crippen LogP contribution in [0, 0.1) is 5.82 Å². The number of sulfonamides is 1. The van der Waals surface area contributed by atoms with Gasteiger partial charge in [-0.2, -0.15) is 4.31 Å². The molecule has 33 heavy (non-hydrogen) atoms. The van der Waals surface area contributed by atoms with Crippen molar-refractivity contribution in [2.75, 3.05) is 42.7 Å². The molecule has 2 heterocycles. The first-order valence-corrected chi connectivity index (χ1v) is 12.9. The van der Waals surface area contributed by atoms with E-state index in [2.05, 4.69) is 4.74 Å². The third kappa shape index (κ3) is 5.10. The van der Waals surface area contributed by atoms with E-state index in [0.29, 0.717) is 37.3 Å². The van der Waals surface area contributed by atoms with Gasteiger partial charge in [-0.1, -0.05) is 0 Å².